The third kappa shape index (κ3) is 3.31. The van der Waals surface area contributed by atoms with Gasteiger partial charge in [-0.25, -0.2) is 9.97 Å². The predicted molar refractivity (Wildman–Crippen MR) is 87.2 cm³/mol. The van der Waals surface area contributed by atoms with Gasteiger partial charge in [-0.2, -0.15) is 5.26 Å². The highest BCUT2D eigenvalue weighted by atomic mass is 35.5. The number of aryl methyl sites for hydroxylation is 1. The van der Waals surface area contributed by atoms with E-state index in [9.17, 15) is 0 Å². The van der Waals surface area contributed by atoms with Crippen molar-refractivity contribution < 1.29 is 4.74 Å². The van der Waals surface area contributed by atoms with E-state index in [1.165, 1.54) is 6.20 Å². The Bertz CT molecular complexity index is 724. The minimum absolute atomic E-state index is 0.0365. The number of hydrogen-bond donors (Lipinski definition) is 1. The number of rotatable bonds is 4. The van der Waals surface area contributed by atoms with Gasteiger partial charge in [0.2, 0.25) is 0 Å². The fourth-order valence-electron chi connectivity index (χ4n) is 2.81. The van der Waals surface area contributed by atoms with Crippen LogP contribution in [0.1, 0.15) is 37.3 Å². The van der Waals surface area contributed by atoms with Crippen LogP contribution in [0, 0.1) is 11.3 Å². The Morgan fingerprint density at radius 2 is 2.39 bits per heavy atom. The van der Waals surface area contributed by atoms with E-state index in [4.69, 9.17) is 21.6 Å². The highest BCUT2D eigenvalue weighted by molar-refractivity contribution is 6.33. The van der Waals surface area contributed by atoms with Crippen LogP contribution < -0.4 is 5.32 Å². The van der Waals surface area contributed by atoms with Crippen LogP contribution in [0.4, 0.5) is 5.82 Å². The van der Waals surface area contributed by atoms with E-state index in [0.29, 0.717) is 23.0 Å². The number of nitriles is 1. The molecule has 2 aromatic heterocycles. The molecule has 0 radical (unpaired) electrons. The summed E-state index contributed by atoms with van der Waals surface area (Å²) in [5.41, 5.74) is 0.443. The molecule has 1 aliphatic heterocycles. The summed E-state index contributed by atoms with van der Waals surface area (Å²) >= 11 is 6.22. The van der Waals surface area contributed by atoms with Crippen LogP contribution in [0.15, 0.2) is 24.7 Å². The second-order valence-electron chi connectivity index (χ2n) is 5.42. The number of hydrogen-bond acceptors (Lipinski definition) is 5. The Hall–Kier alpha value is -2.10. The van der Waals surface area contributed by atoms with E-state index in [1.54, 1.807) is 12.3 Å². The van der Waals surface area contributed by atoms with Crippen molar-refractivity contribution in [3.05, 3.63) is 41.1 Å². The van der Waals surface area contributed by atoms with E-state index in [-0.39, 0.29) is 12.1 Å². The number of anilines is 1. The molecule has 3 heterocycles. The van der Waals surface area contributed by atoms with E-state index in [0.717, 1.165) is 25.2 Å². The Labute approximate surface area is 140 Å². The second kappa shape index (κ2) is 6.99. The Kier molecular flexibility index (Phi) is 4.79. The fourth-order valence-corrected chi connectivity index (χ4v) is 3.03. The molecule has 0 aliphatic carbocycles. The summed E-state index contributed by atoms with van der Waals surface area (Å²) in [6.07, 6.45) is 7.03. The van der Waals surface area contributed by atoms with Crippen molar-refractivity contribution in [3.8, 4) is 6.07 Å². The van der Waals surface area contributed by atoms with Gasteiger partial charge in [0.05, 0.1) is 16.6 Å². The summed E-state index contributed by atoms with van der Waals surface area (Å²) in [6, 6.07) is 3.68. The minimum Gasteiger partial charge on any atom is -0.368 e. The fraction of sp³-hybridized carbons (Fsp3) is 0.438. The van der Waals surface area contributed by atoms with E-state index < -0.39 is 0 Å². The SMILES string of the molecule is CCn1ccnc1[C@H]1OCCC[C@@H]1Nc1ncc(C#N)cc1Cl. The summed E-state index contributed by atoms with van der Waals surface area (Å²) < 4.78 is 8.05. The average Bonchev–Trinajstić information content (AvgIpc) is 3.05. The van der Waals surface area contributed by atoms with Crippen molar-refractivity contribution in [2.45, 2.75) is 38.5 Å². The molecule has 1 fully saturated rings. The molecule has 2 aromatic rings. The lowest BCUT2D eigenvalue weighted by molar-refractivity contribution is -0.00177. The van der Waals surface area contributed by atoms with Crippen molar-refractivity contribution in [1.29, 1.82) is 5.26 Å². The first-order valence-electron chi connectivity index (χ1n) is 7.67. The van der Waals surface area contributed by atoms with Crippen molar-refractivity contribution in [2.24, 2.45) is 0 Å². The largest absolute Gasteiger partial charge is 0.368 e. The van der Waals surface area contributed by atoms with Gasteiger partial charge >= 0.3 is 0 Å². The van der Waals surface area contributed by atoms with E-state index >= 15 is 0 Å². The number of ether oxygens (including phenoxy) is 1. The monoisotopic (exact) mass is 331 g/mol. The van der Waals surface area contributed by atoms with Gasteiger partial charge < -0.3 is 14.6 Å². The van der Waals surface area contributed by atoms with Crippen molar-refractivity contribution in [2.75, 3.05) is 11.9 Å². The topological polar surface area (TPSA) is 75.8 Å². The average molecular weight is 332 g/mol. The molecule has 120 valence electrons. The van der Waals surface area contributed by atoms with Crippen molar-refractivity contribution >= 4 is 17.4 Å². The molecule has 23 heavy (non-hydrogen) atoms. The molecule has 3 rings (SSSR count). The van der Waals surface area contributed by atoms with Gasteiger partial charge in [0.25, 0.3) is 0 Å². The lowest BCUT2D eigenvalue weighted by Gasteiger charge is -2.32. The molecule has 0 bridgehead atoms. The summed E-state index contributed by atoms with van der Waals surface area (Å²) in [7, 11) is 0. The van der Waals surface area contributed by atoms with Gasteiger partial charge in [-0.1, -0.05) is 11.6 Å². The van der Waals surface area contributed by atoms with Crippen LogP contribution in [-0.4, -0.2) is 27.2 Å². The molecule has 1 aliphatic rings. The summed E-state index contributed by atoms with van der Waals surface area (Å²) in [4.78, 5) is 8.71. The third-order valence-corrected chi connectivity index (χ3v) is 4.25. The smallest absolute Gasteiger partial charge is 0.145 e. The molecule has 0 saturated carbocycles. The van der Waals surface area contributed by atoms with Crippen LogP contribution in [0.5, 0.6) is 0 Å². The first kappa shape index (κ1) is 15.8. The van der Waals surface area contributed by atoms with Crippen molar-refractivity contribution in [1.82, 2.24) is 14.5 Å². The zero-order valence-electron chi connectivity index (χ0n) is 12.9. The number of imidazole rings is 1. The first-order chi connectivity index (χ1) is 11.2. The maximum Gasteiger partial charge on any atom is 0.145 e. The molecule has 2 atom stereocenters. The highest BCUT2D eigenvalue weighted by Gasteiger charge is 2.31. The molecule has 0 amide bonds. The van der Waals surface area contributed by atoms with Crippen LogP contribution in [-0.2, 0) is 11.3 Å². The maximum atomic E-state index is 8.90. The van der Waals surface area contributed by atoms with E-state index in [2.05, 4.69) is 26.8 Å². The highest BCUT2D eigenvalue weighted by Crippen LogP contribution is 2.31. The zero-order chi connectivity index (χ0) is 16.2. The van der Waals surface area contributed by atoms with Crippen LogP contribution >= 0.6 is 11.6 Å². The summed E-state index contributed by atoms with van der Waals surface area (Å²) in [6.45, 7) is 3.64. The Morgan fingerprint density at radius 3 is 3.13 bits per heavy atom. The Morgan fingerprint density at radius 1 is 1.52 bits per heavy atom. The lowest BCUT2D eigenvalue weighted by Crippen LogP contribution is -2.35. The zero-order valence-corrected chi connectivity index (χ0v) is 13.6. The Balaban J connectivity index is 1.84. The van der Waals surface area contributed by atoms with Gasteiger partial charge in [-0.05, 0) is 25.8 Å². The molecule has 7 heteroatoms. The normalized spacial score (nSPS) is 20.9. The summed E-state index contributed by atoms with van der Waals surface area (Å²) in [5, 5.41) is 12.7. The van der Waals surface area contributed by atoms with Gasteiger partial charge in [-0.3, -0.25) is 0 Å². The van der Waals surface area contributed by atoms with Gasteiger partial charge in [-0.15, -0.1) is 0 Å². The van der Waals surface area contributed by atoms with Gasteiger partial charge in [0.15, 0.2) is 0 Å². The molecular formula is C16H18ClN5O. The molecule has 0 unspecified atom stereocenters. The number of halogens is 1. The van der Waals surface area contributed by atoms with Crippen LogP contribution in [0.3, 0.4) is 0 Å². The lowest BCUT2D eigenvalue weighted by atomic mass is 10.0. The molecule has 0 spiro atoms. The standard InChI is InChI=1S/C16H18ClN5O/c1-2-22-6-5-19-16(22)14-13(4-3-7-23-14)21-15-12(17)8-11(9-18)10-20-15/h5-6,8,10,13-14H,2-4,7H2,1H3,(H,20,21)/t13-,14-/m0/s1. The minimum atomic E-state index is -0.146. The summed E-state index contributed by atoms with van der Waals surface area (Å²) in [5.74, 6) is 1.48. The number of aromatic nitrogens is 3. The van der Waals surface area contributed by atoms with Crippen LogP contribution in [0.25, 0.3) is 0 Å². The first-order valence-corrected chi connectivity index (χ1v) is 8.05. The molecule has 1 N–H and O–H groups in total. The van der Waals surface area contributed by atoms with Crippen molar-refractivity contribution in [3.63, 3.8) is 0 Å². The number of nitrogens with zero attached hydrogens (tertiary/aromatic N) is 4. The van der Waals surface area contributed by atoms with Gasteiger partial charge in [0.1, 0.15) is 23.8 Å². The number of nitrogens with one attached hydrogen (secondary N) is 1. The molecule has 6 nitrogen and oxygen atoms in total. The quantitative estimate of drug-likeness (QED) is 0.931. The predicted octanol–water partition coefficient (Wildman–Crippen LogP) is 3.16. The molecule has 1 saturated heterocycles. The third-order valence-electron chi connectivity index (χ3n) is 3.96. The maximum absolute atomic E-state index is 8.90. The molecule has 0 aromatic carbocycles. The second-order valence-corrected chi connectivity index (χ2v) is 5.83. The van der Waals surface area contributed by atoms with Gasteiger partial charge in [0, 0.05) is 31.7 Å². The van der Waals surface area contributed by atoms with E-state index in [1.807, 2.05) is 12.3 Å². The van der Waals surface area contributed by atoms with Crippen LogP contribution in [0.2, 0.25) is 5.02 Å². The molecular weight excluding hydrogens is 314 g/mol. The number of pyridine rings is 1.